The van der Waals surface area contributed by atoms with Crippen LogP contribution in [0.5, 0.6) is 0 Å². The van der Waals surface area contributed by atoms with E-state index in [4.69, 9.17) is 0 Å². The van der Waals surface area contributed by atoms with Crippen molar-refractivity contribution in [3.8, 4) is 0 Å². The molecule has 0 radical (unpaired) electrons. The van der Waals surface area contributed by atoms with Gasteiger partial charge in [-0.2, -0.15) is 0 Å². The molecule has 1 aliphatic heterocycles. The molecule has 0 aliphatic carbocycles. The lowest BCUT2D eigenvalue weighted by atomic mass is 9.93. The maximum Gasteiger partial charge on any atom is 0.211 e. The SMILES string of the molecule is CS(=O)(=O)N1CCC[C@@H](Cc2cccnc2)C1. The Morgan fingerprint density at radius 3 is 3.00 bits per heavy atom. The van der Waals surface area contributed by atoms with E-state index in [1.54, 1.807) is 10.5 Å². The van der Waals surface area contributed by atoms with Crippen LogP contribution in [0.15, 0.2) is 24.5 Å². The zero-order valence-electron chi connectivity index (χ0n) is 10.0. The highest BCUT2D eigenvalue weighted by molar-refractivity contribution is 7.88. The average Bonchev–Trinajstić information content (AvgIpc) is 2.29. The van der Waals surface area contributed by atoms with Gasteiger partial charge in [0.05, 0.1) is 6.26 Å². The quantitative estimate of drug-likeness (QED) is 0.817. The van der Waals surface area contributed by atoms with E-state index < -0.39 is 10.0 Å². The monoisotopic (exact) mass is 254 g/mol. The molecule has 0 spiro atoms. The molecule has 17 heavy (non-hydrogen) atoms. The second kappa shape index (κ2) is 5.14. The largest absolute Gasteiger partial charge is 0.264 e. The summed E-state index contributed by atoms with van der Waals surface area (Å²) in [5.41, 5.74) is 1.19. The molecule has 0 N–H and O–H groups in total. The molecule has 0 amide bonds. The highest BCUT2D eigenvalue weighted by Gasteiger charge is 2.25. The van der Waals surface area contributed by atoms with Gasteiger partial charge in [-0.05, 0) is 36.8 Å². The Hall–Kier alpha value is -0.940. The van der Waals surface area contributed by atoms with Crippen LogP contribution in [-0.4, -0.2) is 37.1 Å². The third-order valence-corrected chi connectivity index (χ3v) is 4.47. The second-order valence-corrected chi connectivity index (χ2v) is 6.68. The number of sulfonamides is 1. The number of hydrogen-bond acceptors (Lipinski definition) is 3. The Morgan fingerprint density at radius 1 is 1.53 bits per heavy atom. The fraction of sp³-hybridized carbons (Fsp3) is 0.583. The van der Waals surface area contributed by atoms with Gasteiger partial charge in [0, 0.05) is 25.5 Å². The van der Waals surface area contributed by atoms with Crippen molar-refractivity contribution in [3.63, 3.8) is 0 Å². The maximum atomic E-state index is 11.5. The molecule has 2 heterocycles. The lowest BCUT2D eigenvalue weighted by molar-refractivity contribution is 0.266. The predicted molar refractivity (Wildman–Crippen MR) is 67.1 cm³/mol. The topological polar surface area (TPSA) is 50.3 Å². The number of nitrogens with zero attached hydrogens (tertiary/aromatic N) is 2. The minimum atomic E-state index is -3.03. The molecule has 1 aromatic rings. The van der Waals surface area contributed by atoms with Gasteiger partial charge in [0.25, 0.3) is 0 Å². The Morgan fingerprint density at radius 2 is 2.35 bits per heavy atom. The molecule has 0 unspecified atom stereocenters. The molecule has 0 aromatic carbocycles. The Balaban J connectivity index is 1.99. The van der Waals surface area contributed by atoms with Gasteiger partial charge in [-0.25, -0.2) is 12.7 Å². The molecule has 94 valence electrons. The maximum absolute atomic E-state index is 11.5. The molecule has 0 bridgehead atoms. The minimum absolute atomic E-state index is 0.419. The van der Waals surface area contributed by atoms with Crippen molar-refractivity contribution in [1.82, 2.24) is 9.29 Å². The summed E-state index contributed by atoms with van der Waals surface area (Å²) >= 11 is 0. The lowest BCUT2D eigenvalue weighted by Crippen LogP contribution is -2.39. The van der Waals surface area contributed by atoms with Crippen LogP contribution in [-0.2, 0) is 16.4 Å². The highest BCUT2D eigenvalue weighted by Crippen LogP contribution is 2.21. The van der Waals surface area contributed by atoms with Gasteiger partial charge in [0.2, 0.25) is 10.0 Å². The first-order valence-electron chi connectivity index (χ1n) is 5.90. The van der Waals surface area contributed by atoms with Gasteiger partial charge in [-0.1, -0.05) is 6.07 Å². The van der Waals surface area contributed by atoms with E-state index in [1.807, 2.05) is 18.3 Å². The third-order valence-electron chi connectivity index (χ3n) is 3.20. The number of piperidine rings is 1. The average molecular weight is 254 g/mol. The van der Waals surface area contributed by atoms with Gasteiger partial charge < -0.3 is 0 Å². The molecule has 1 aliphatic rings. The van der Waals surface area contributed by atoms with E-state index >= 15 is 0 Å². The molecule has 4 nitrogen and oxygen atoms in total. The van der Waals surface area contributed by atoms with Crippen molar-refractivity contribution in [1.29, 1.82) is 0 Å². The summed E-state index contributed by atoms with van der Waals surface area (Å²) < 4.78 is 24.6. The van der Waals surface area contributed by atoms with Crippen LogP contribution in [0.2, 0.25) is 0 Å². The molecule has 1 atom stereocenters. The predicted octanol–water partition coefficient (Wildman–Crippen LogP) is 1.30. The summed E-state index contributed by atoms with van der Waals surface area (Å²) in [5.74, 6) is 0.419. The van der Waals surface area contributed by atoms with Crippen LogP contribution in [0.3, 0.4) is 0 Å². The number of hydrogen-bond donors (Lipinski definition) is 0. The third kappa shape index (κ3) is 3.51. The van der Waals surface area contributed by atoms with Crippen LogP contribution in [0.25, 0.3) is 0 Å². The van der Waals surface area contributed by atoms with E-state index in [2.05, 4.69) is 4.98 Å². The molecular weight excluding hydrogens is 236 g/mol. The van der Waals surface area contributed by atoms with E-state index in [0.29, 0.717) is 19.0 Å². The molecule has 0 saturated carbocycles. The first-order chi connectivity index (χ1) is 8.05. The van der Waals surface area contributed by atoms with E-state index in [-0.39, 0.29) is 0 Å². The number of rotatable bonds is 3. The smallest absolute Gasteiger partial charge is 0.211 e. The zero-order chi connectivity index (χ0) is 12.3. The van der Waals surface area contributed by atoms with Crippen LogP contribution in [0.4, 0.5) is 0 Å². The van der Waals surface area contributed by atoms with Crippen molar-refractivity contribution in [2.45, 2.75) is 19.3 Å². The first-order valence-corrected chi connectivity index (χ1v) is 7.74. The standard InChI is InChI=1S/C12H18N2O2S/c1-17(15,16)14-7-3-5-12(10-14)8-11-4-2-6-13-9-11/h2,4,6,9,12H,3,5,7-8,10H2,1H3/t12-/m0/s1. The van der Waals surface area contributed by atoms with Crippen LogP contribution in [0.1, 0.15) is 18.4 Å². The first kappa shape index (κ1) is 12.5. The molecule has 1 fully saturated rings. The van der Waals surface area contributed by atoms with Crippen molar-refractivity contribution in [2.75, 3.05) is 19.3 Å². The highest BCUT2D eigenvalue weighted by atomic mass is 32.2. The minimum Gasteiger partial charge on any atom is -0.264 e. The Labute approximate surface area is 103 Å². The fourth-order valence-electron chi connectivity index (χ4n) is 2.35. The molecular formula is C12H18N2O2S. The summed E-state index contributed by atoms with van der Waals surface area (Å²) in [4.78, 5) is 4.09. The lowest BCUT2D eigenvalue weighted by Gasteiger charge is -2.30. The summed E-state index contributed by atoms with van der Waals surface area (Å²) in [5, 5.41) is 0. The fourth-order valence-corrected chi connectivity index (χ4v) is 3.29. The number of aromatic nitrogens is 1. The summed E-state index contributed by atoms with van der Waals surface area (Å²) in [7, 11) is -3.03. The van der Waals surface area contributed by atoms with Crippen molar-refractivity contribution in [3.05, 3.63) is 30.1 Å². The van der Waals surface area contributed by atoms with E-state index in [0.717, 1.165) is 19.3 Å². The van der Waals surface area contributed by atoms with Crippen molar-refractivity contribution < 1.29 is 8.42 Å². The van der Waals surface area contributed by atoms with E-state index in [1.165, 1.54) is 11.8 Å². The van der Waals surface area contributed by atoms with Crippen LogP contribution in [0, 0.1) is 5.92 Å². The van der Waals surface area contributed by atoms with Gasteiger partial charge in [0.15, 0.2) is 0 Å². The van der Waals surface area contributed by atoms with E-state index in [9.17, 15) is 8.42 Å². The Bertz CT molecular complexity index is 459. The van der Waals surface area contributed by atoms with Crippen molar-refractivity contribution in [2.24, 2.45) is 5.92 Å². The molecule has 5 heteroatoms. The second-order valence-electron chi connectivity index (χ2n) is 4.69. The molecule has 1 saturated heterocycles. The Kier molecular flexibility index (Phi) is 3.79. The van der Waals surface area contributed by atoms with Gasteiger partial charge in [-0.15, -0.1) is 0 Å². The van der Waals surface area contributed by atoms with Crippen LogP contribution < -0.4 is 0 Å². The normalized spacial score (nSPS) is 22.5. The summed E-state index contributed by atoms with van der Waals surface area (Å²) in [6.45, 7) is 1.32. The van der Waals surface area contributed by atoms with Gasteiger partial charge in [0.1, 0.15) is 0 Å². The van der Waals surface area contributed by atoms with Crippen LogP contribution >= 0.6 is 0 Å². The van der Waals surface area contributed by atoms with Gasteiger partial charge in [-0.3, -0.25) is 4.98 Å². The zero-order valence-corrected chi connectivity index (χ0v) is 10.9. The van der Waals surface area contributed by atoms with Crippen molar-refractivity contribution >= 4 is 10.0 Å². The van der Waals surface area contributed by atoms with Gasteiger partial charge >= 0.3 is 0 Å². The number of pyridine rings is 1. The summed E-state index contributed by atoms with van der Waals surface area (Å²) in [6.07, 6.45) is 7.88. The molecule has 1 aromatic heterocycles. The molecule has 2 rings (SSSR count). The summed E-state index contributed by atoms with van der Waals surface area (Å²) in [6, 6.07) is 3.97.